The third kappa shape index (κ3) is 1.76. The fourth-order valence-corrected chi connectivity index (χ4v) is 1.60. The van der Waals surface area contributed by atoms with E-state index in [1.165, 1.54) is 6.07 Å². The number of hydrogen-bond acceptors (Lipinski definition) is 2. The Bertz CT molecular complexity index is 455. The number of amides is 2. The van der Waals surface area contributed by atoms with Crippen molar-refractivity contribution in [3.8, 4) is 0 Å². The molecule has 0 bridgehead atoms. The second kappa shape index (κ2) is 3.92. The number of carbonyl (C=O) groups is 2. The summed E-state index contributed by atoms with van der Waals surface area (Å²) in [5.41, 5.74) is 5.25. The number of nitrogens with two attached hydrogens (primary N) is 1. The van der Waals surface area contributed by atoms with Gasteiger partial charge in [0.1, 0.15) is 5.82 Å². The molecule has 5 heteroatoms. The number of nitrogens with zero attached hydrogens (tertiary/aromatic N) is 1. The highest BCUT2D eigenvalue weighted by Gasteiger charge is 2.25. The van der Waals surface area contributed by atoms with Gasteiger partial charge in [0, 0.05) is 13.1 Å². The van der Waals surface area contributed by atoms with Gasteiger partial charge in [0.05, 0.1) is 11.1 Å². The molecule has 4 nitrogen and oxygen atoms in total. The first kappa shape index (κ1) is 10.6. The van der Waals surface area contributed by atoms with Gasteiger partial charge in [-0.05, 0) is 24.6 Å². The van der Waals surface area contributed by atoms with Gasteiger partial charge >= 0.3 is 0 Å². The van der Waals surface area contributed by atoms with Crippen LogP contribution < -0.4 is 5.73 Å². The molecule has 2 rings (SSSR count). The van der Waals surface area contributed by atoms with Gasteiger partial charge in [-0.1, -0.05) is 0 Å². The zero-order chi connectivity index (χ0) is 11.7. The van der Waals surface area contributed by atoms with Gasteiger partial charge in [0.25, 0.3) is 5.91 Å². The standard InChI is InChI=1S/C11H11FN2O2/c12-7-2-3-8(10(13)15)9(6-7)11(16)14-4-1-5-14/h2-3,6H,1,4-5H2,(H2,13,15). The maximum absolute atomic E-state index is 13.0. The number of carbonyl (C=O) groups excluding carboxylic acids is 2. The highest BCUT2D eigenvalue weighted by atomic mass is 19.1. The van der Waals surface area contributed by atoms with Crippen LogP contribution in [0.3, 0.4) is 0 Å². The molecule has 2 amide bonds. The number of rotatable bonds is 2. The molecule has 1 fully saturated rings. The Hall–Kier alpha value is -1.91. The van der Waals surface area contributed by atoms with Crippen LogP contribution in [0.4, 0.5) is 4.39 Å². The molecule has 1 aliphatic heterocycles. The Labute approximate surface area is 91.8 Å². The lowest BCUT2D eigenvalue weighted by Crippen LogP contribution is -2.42. The summed E-state index contributed by atoms with van der Waals surface area (Å²) in [6.07, 6.45) is 0.937. The molecule has 16 heavy (non-hydrogen) atoms. The third-order valence-corrected chi connectivity index (χ3v) is 2.62. The third-order valence-electron chi connectivity index (χ3n) is 2.62. The second-order valence-corrected chi connectivity index (χ2v) is 3.70. The first-order valence-electron chi connectivity index (χ1n) is 4.98. The molecular weight excluding hydrogens is 211 g/mol. The largest absolute Gasteiger partial charge is 0.366 e. The minimum atomic E-state index is -0.719. The molecule has 84 valence electrons. The van der Waals surface area contributed by atoms with Crippen LogP contribution in [0.5, 0.6) is 0 Å². The van der Waals surface area contributed by atoms with Gasteiger partial charge in [0.2, 0.25) is 5.91 Å². The van der Waals surface area contributed by atoms with Crippen LogP contribution in [0, 0.1) is 5.82 Å². The smallest absolute Gasteiger partial charge is 0.254 e. The van der Waals surface area contributed by atoms with E-state index in [1.54, 1.807) is 4.90 Å². The van der Waals surface area contributed by atoms with E-state index in [1.807, 2.05) is 0 Å². The molecule has 1 aliphatic rings. The van der Waals surface area contributed by atoms with Crippen molar-refractivity contribution in [2.24, 2.45) is 5.73 Å². The fraction of sp³-hybridized carbons (Fsp3) is 0.273. The molecule has 0 aliphatic carbocycles. The SMILES string of the molecule is NC(=O)c1ccc(F)cc1C(=O)N1CCC1. The molecule has 2 N–H and O–H groups in total. The molecule has 1 aromatic rings. The molecule has 1 heterocycles. The second-order valence-electron chi connectivity index (χ2n) is 3.70. The summed E-state index contributed by atoms with van der Waals surface area (Å²) in [7, 11) is 0. The molecule has 0 atom stereocenters. The summed E-state index contributed by atoms with van der Waals surface area (Å²) in [6.45, 7) is 1.29. The quantitative estimate of drug-likeness (QED) is 0.803. The first-order valence-corrected chi connectivity index (χ1v) is 4.98. The van der Waals surface area contributed by atoms with Gasteiger partial charge in [-0.15, -0.1) is 0 Å². The normalized spacial score (nSPS) is 14.4. The van der Waals surface area contributed by atoms with Crippen molar-refractivity contribution in [3.05, 3.63) is 35.1 Å². The Kier molecular flexibility index (Phi) is 2.60. The average molecular weight is 222 g/mol. The van der Waals surface area contributed by atoms with Crippen LogP contribution in [0.1, 0.15) is 27.1 Å². The molecule has 1 aromatic carbocycles. The highest BCUT2D eigenvalue weighted by molar-refractivity contribution is 6.06. The van der Waals surface area contributed by atoms with Crippen LogP contribution in [0.2, 0.25) is 0 Å². The predicted molar refractivity (Wildman–Crippen MR) is 55.4 cm³/mol. The average Bonchev–Trinajstić information content (AvgIpc) is 2.14. The van der Waals surface area contributed by atoms with Crippen molar-refractivity contribution < 1.29 is 14.0 Å². The Morgan fingerprint density at radius 2 is 1.94 bits per heavy atom. The summed E-state index contributed by atoms with van der Waals surface area (Å²) in [5.74, 6) is -1.60. The summed E-state index contributed by atoms with van der Waals surface area (Å²) in [4.78, 5) is 24.5. The fourth-order valence-electron chi connectivity index (χ4n) is 1.60. The lowest BCUT2D eigenvalue weighted by molar-refractivity contribution is 0.0647. The molecule has 0 aromatic heterocycles. The lowest BCUT2D eigenvalue weighted by Gasteiger charge is -2.31. The molecule has 1 saturated heterocycles. The topological polar surface area (TPSA) is 63.4 Å². The molecule has 0 spiro atoms. The van der Waals surface area contributed by atoms with Crippen LogP contribution in [-0.4, -0.2) is 29.8 Å². The summed E-state index contributed by atoms with van der Waals surface area (Å²) in [5, 5.41) is 0. The van der Waals surface area contributed by atoms with E-state index in [9.17, 15) is 14.0 Å². The van der Waals surface area contributed by atoms with Crippen molar-refractivity contribution in [2.75, 3.05) is 13.1 Å². The van der Waals surface area contributed by atoms with Crippen LogP contribution in [0.15, 0.2) is 18.2 Å². The molecule has 0 unspecified atom stereocenters. The van der Waals surface area contributed by atoms with Crippen molar-refractivity contribution in [2.45, 2.75) is 6.42 Å². The van der Waals surface area contributed by atoms with E-state index in [0.717, 1.165) is 18.6 Å². The number of benzene rings is 1. The maximum Gasteiger partial charge on any atom is 0.254 e. The Morgan fingerprint density at radius 1 is 1.25 bits per heavy atom. The molecule has 0 radical (unpaired) electrons. The number of hydrogen-bond donors (Lipinski definition) is 1. The minimum Gasteiger partial charge on any atom is -0.366 e. The van der Waals surface area contributed by atoms with Crippen molar-refractivity contribution in [1.29, 1.82) is 0 Å². The van der Waals surface area contributed by atoms with E-state index < -0.39 is 11.7 Å². The van der Waals surface area contributed by atoms with Crippen molar-refractivity contribution in [3.63, 3.8) is 0 Å². The number of likely N-dealkylation sites (tertiary alicyclic amines) is 1. The highest BCUT2D eigenvalue weighted by Crippen LogP contribution is 2.17. The molecule has 0 saturated carbocycles. The summed E-state index contributed by atoms with van der Waals surface area (Å²) >= 11 is 0. The van der Waals surface area contributed by atoms with E-state index in [-0.39, 0.29) is 17.0 Å². The van der Waals surface area contributed by atoms with Crippen molar-refractivity contribution in [1.82, 2.24) is 4.90 Å². The maximum atomic E-state index is 13.0. The van der Waals surface area contributed by atoms with Gasteiger partial charge < -0.3 is 10.6 Å². The van der Waals surface area contributed by atoms with E-state index in [4.69, 9.17) is 5.73 Å². The van der Waals surface area contributed by atoms with Crippen LogP contribution in [-0.2, 0) is 0 Å². The zero-order valence-corrected chi connectivity index (χ0v) is 8.57. The summed E-state index contributed by atoms with van der Waals surface area (Å²) < 4.78 is 13.0. The summed E-state index contributed by atoms with van der Waals surface area (Å²) in [6, 6.07) is 3.42. The zero-order valence-electron chi connectivity index (χ0n) is 8.57. The van der Waals surface area contributed by atoms with E-state index in [2.05, 4.69) is 0 Å². The van der Waals surface area contributed by atoms with Crippen LogP contribution >= 0.6 is 0 Å². The monoisotopic (exact) mass is 222 g/mol. The first-order chi connectivity index (χ1) is 7.59. The van der Waals surface area contributed by atoms with Crippen LogP contribution in [0.25, 0.3) is 0 Å². The predicted octanol–water partition coefficient (Wildman–Crippen LogP) is 0.770. The van der Waals surface area contributed by atoms with Crippen molar-refractivity contribution >= 4 is 11.8 Å². The van der Waals surface area contributed by atoms with Gasteiger partial charge in [-0.2, -0.15) is 0 Å². The van der Waals surface area contributed by atoms with E-state index >= 15 is 0 Å². The molecular formula is C11H11FN2O2. The van der Waals surface area contributed by atoms with Gasteiger partial charge in [-0.25, -0.2) is 4.39 Å². The van der Waals surface area contributed by atoms with Gasteiger partial charge in [-0.3, -0.25) is 9.59 Å². The van der Waals surface area contributed by atoms with E-state index in [0.29, 0.717) is 13.1 Å². The Morgan fingerprint density at radius 3 is 2.44 bits per heavy atom. The Balaban J connectivity index is 2.40. The minimum absolute atomic E-state index is 0.0483. The number of primary amides is 1. The van der Waals surface area contributed by atoms with Gasteiger partial charge in [0.15, 0.2) is 0 Å². The lowest BCUT2D eigenvalue weighted by atomic mass is 10.0. The number of halogens is 1.